The molecule has 0 aliphatic carbocycles. The lowest BCUT2D eigenvalue weighted by Gasteiger charge is -2.30. The van der Waals surface area contributed by atoms with E-state index in [1.807, 2.05) is 20.8 Å². The van der Waals surface area contributed by atoms with Crippen molar-refractivity contribution >= 4 is 15.9 Å². The van der Waals surface area contributed by atoms with Crippen molar-refractivity contribution in [2.45, 2.75) is 38.1 Å². The van der Waals surface area contributed by atoms with Crippen LogP contribution in [0.1, 0.15) is 25.8 Å². The minimum Gasteiger partial charge on any atom is -0.377 e. The van der Waals surface area contributed by atoms with E-state index in [0.717, 1.165) is 5.56 Å². The Bertz CT molecular complexity index is 786. The van der Waals surface area contributed by atoms with Crippen molar-refractivity contribution in [3.05, 3.63) is 29.8 Å². The molecule has 9 nitrogen and oxygen atoms in total. The highest BCUT2D eigenvalue weighted by molar-refractivity contribution is 7.89. The van der Waals surface area contributed by atoms with Gasteiger partial charge in [-0.1, -0.05) is 38.0 Å². The number of benzene rings is 1. The third-order valence-corrected chi connectivity index (χ3v) is 6.99. The fourth-order valence-corrected chi connectivity index (χ4v) is 4.54. The summed E-state index contributed by atoms with van der Waals surface area (Å²) in [5.41, 5.74) is 0.959. The summed E-state index contributed by atoms with van der Waals surface area (Å²) in [6, 6.07) is 5.67. The molecule has 1 N–H and O–H groups in total. The number of rotatable bonds is 6. The number of ether oxygens (including phenoxy) is 4. The highest BCUT2D eigenvalue weighted by Crippen LogP contribution is 2.16. The lowest BCUT2D eigenvalue weighted by molar-refractivity contribution is -0.136. The number of aryl methyl sites for hydroxylation is 1. The average molecular weight is 487 g/mol. The number of amides is 1. The van der Waals surface area contributed by atoms with E-state index < -0.39 is 16.1 Å². The average Bonchev–Trinajstić information content (AvgIpc) is 2.81. The van der Waals surface area contributed by atoms with Gasteiger partial charge in [-0.25, -0.2) is 8.42 Å². The maximum absolute atomic E-state index is 13.5. The monoisotopic (exact) mass is 486 g/mol. The van der Waals surface area contributed by atoms with Gasteiger partial charge in [0, 0.05) is 13.1 Å². The molecule has 1 aliphatic heterocycles. The molecule has 1 heterocycles. The van der Waals surface area contributed by atoms with Crippen molar-refractivity contribution < 1.29 is 32.2 Å². The molecule has 0 radical (unpaired) electrons. The van der Waals surface area contributed by atoms with Crippen molar-refractivity contribution in [1.82, 2.24) is 9.62 Å². The van der Waals surface area contributed by atoms with Crippen LogP contribution in [0.15, 0.2) is 29.2 Å². The van der Waals surface area contributed by atoms with Gasteiger partial charge >= 0.3 is 0 Å². The summed E-state index contributed by atoms with van der Waals surface area (Å²) < 4.78 is 50.7. The molecule has 0 unspecified atom stereocenters. The molecule has 0 aromatic heterocycles. The summed E-state index contributed by atoms with van der Waals surface area (Å²) in [6.07, 6.45) is 0.641. The first-order valence-electron chi connectivity index (χ1n) is 11.5. The van der Waals surface area contributed by atoms with Crippen molar-refractivity contribution in [3.63, 3.8) is 0 Å². The Morgan fingerprint density at radius 2 is 1.36 bits per heavy atom. The number of nitrogens with one attached hydrogen (secondary N) is 1. The zero-order valence-electron chi connectivity index (χ0n) is 20.0. The Labute approximate surface area is 197 Å². The summed E-state index contributed by atoms with van der Waals surface area (Å²) in [4.78, 5) is 15.2. The lowest BCUT2D eigenvalue weighted by atomic mass is 9.99. The minimum atomic E-state index is -3.86. The number of carbonyl (C=O) groups is 1. The maximum Gasteiger partial charge on any atom is 0.241 e. The van der Waals surface area contributed by atoms with Crippen molar-refractivity contribution in [2.75, 3.05) is 65.9 Å². The molecule has 1 aromatic carbocycles. The van der Waals surface area contributed by atoms with Gasteiger partial charge < -0.3 is 23.8 Å². The summed E-state index contributed by atoms with van der Waals surface area (Å²) in [6.45, 7) is 9.69. The lowest BCUT2D eigenvalue weighted by Crippen LogP contribution is -2.53. The summed E-state index contributed by atoms with van der Waals surface area (Å²) in [5.74, 6) is -0.484. The summed E-state index contributed by atoms with van der Waals surface area (Å²) in [5, 5.41) is 0. The van der Waals surface area contributed by atoms with Crippen LogP contribution in [0.5, 0.6) is 0 Å². The molecule has 1 aromatic rings. The molecule has 10 heteroatoms. The number of hydrogen-bond acceptors (Lipinski definition) is 7. The van der Waals surface area contributed by atoms with Crippen LogP contribution in [-0.4, -0.2) is 91.2 Å². The molecule has 33 heavy (non-hydrogen) atoms. The zero-order valence-corrected chi connectivity index (χ0v) is 20.8. The van der Waals surface area contributed by atoms with Gasteiger partial charge in [-0.2, -0.15) is 4.72 Å². The number of nitrogens with zero attached hydrogens (tertiary/aromatic N) is 1. The van der Waals surface area contributed by atoms with Gasteiger partial charge in [-0.3, -0.25) is 4.79 Å². The largest absolute Gasteiger partial charge is 0.377 e. The maximum atomic E-state index is 13.5. The van der Waals surface area contributed by atoms with Crippen LogP contribution in [0.25, 0.3) is 0 Å². The number of sulfonamides is 1. The van der Waals surface area contributed by atoms with Gasteiger partial charge in [0.25, 0.3) is 0 Å². The normalized spacial score (nSPS) is 19.8. The Morgan fingerprint density at radius 3 is 1.82 bits per heavy atom. The topological polar surface area (TPSA) is 103 Å². The van der Waals surface area contributed by atoms with Crippen LogP contribution >= 0.6 is 0 Å². The van der Waals surface area contributed by atoms with Gasteiger partial charge in [0.15, 0.2) is 0 Å². The predicted octanol–water partition coefficient (Wildman–Crippen LogP) is 1.60. The van der Waals surface area contributed by atoms with Crippen LogP contribution in [0.3, 0.4) is 0 Å². The summed E-state index contributed by atoms with van der Waals surface area (Å²) >= 11 is 0. The molecule has 2 atom stereocenters. The molecule has 1 saturated heterocycles. The first-order chi connectivity index (χ1) is 15.8. The van der Waals surface area contributed by atoms with Crippen molar-refractivity contribution in [1.29, 1.82) is 0 Å². The van der Waals surface area contributed by atoms with Gasteiger partial charge in [0.05, 0.1) is 57.8 Å². The smallest absolute Gasteiger partial charge is 0.241 e. The first-order valence-corrected chi connectivity index (χ1v) is 13.0. The Hall–Kier alpha value is -1.56. The Kier molecular flexibility index (Phi) is 12.3. The summed E-state index contributed by atoms with van der Waals surface area (Å²) in [7, 11) is -3.86. The van der Waals surface area contributed by atoms with E-state index in [1.54, 1.807) is 29.2 Å². The minimum absolute atomic E-state index is 0.137. The second-order valence-electron chi connectivity index (χ2n) is 8.07. The molecule has 0 spiro atoms. The SMILES string of the molecule is CC[C@H](C)[C@@H](NS(=O)(=O)c1ccc(C)cc1)C(=O)N1CCOCCOCCOCCOCC1. The molecule has 0 bridgehead atoms. The molecular formula is C23H38N2O7S. The predicted molar refractivity (Wildman–Crippen MR) is 125 cm³/mol. The standard InChI is InChI=1S/C23H38N2O7S/c1-4-20(3)22(24-33(27,28)21-7-5-19(2)6-8-21)23(26)25-9-11-29-13-15-31-17-18-32-16-14-30-12-10-25/h5-8,20,22,24H,4,9-18H2,1-3H3/t20-,22+/m0/s1. The Balaban J connectivity index is 2.12. The van der Waals surface area contributed by atoms with Gasteiger partial charge in [0.2, 0.25) is 15.9 Å². The fourth-order valence-electron chi connectivity index (χ4n) is 3.24. The van der Waals surface area contributed by atoms with Crippen LogP contribution in [0.4, 0.5) is 0 Å². The Morgan fingerprint density at radius 1 is 0.909 bits per heavy atom. The van der Waals surface area contributed by atoms with Gasteiger partial charge in [0.1, 0.15) is 6.04 Å². The second kappa shape index (κ2) is 14.6. The van der Waals surface area contributed by atoms with E-state index >= 15 is 0 Å². The molecule has 1 amide bonds. The van der Waals surface area contributed by atoms with Crippen molar-refractivity contribution in [3.8, 4) is 0 Å². The van der Waals surface area contributed by atoms with E-state index in [1.165, 1.54) is 0 Å². The van der Waals surface area contributed by atoms with Crippen LogP contribution in [-0.2, 0) is 33.8 Å². The third-order valence-electron chi connectivity index (χ3n) is 5.53. The van der Waals surface area contributed by atoms with E-state index in [2.05, 4.69) is 4.72 Å². The quantitative estimate of drug-likeness (QED) is 0.651. The fraction of sp³-hybridized carbons (Fsp3) is 0.696. The molecular weight excluding hydrogens is 448 g/mol. The van der Waals surface area contributed by atoms with E-state index in [0.29, 0.717) is 72.4 Å². The highest BCUT2D eigenvalue weighted by Gasteiger charge is 2.32. The second-order valence-corrected chi connectivity index (χ2v) is 9.79. The molecule has 2 rings (SSSR count). The number of carbonyl (C=O) groups excluding carboxylic acids is 1. The van der Waals surface area contributed by atoms with Crippen LogP contribution in [0.2, 0.25) is 0 Å². The highest BCUT2D eigenvalue weighted by atomic mass is 32.2. The molecule has 1 aliphatic rings. The van der Waals surface area contributed by atoms with Gasteiger partial charge in [-0.05, 0) is 25.0 Å². The van der Waals surface area contributed by atoms with E-state index in [9.17, 15) is 13.2 Å². The molecule has 1 fully saturated rings. The first kappa shape index (κ1) is 27.7. The molecule has 188 valence electrons. The number of hydrogen-bond donors (Lipinski definition) is 1. The van der Waals surface area contributed by atoms with Crippen molar-refractivity contribution in [2.24, 2.45) is 5.92 Å². The van der Waals surface area contributed by atoms with Crippen LogP contribution in [0, 0.1) is 12.8 Å². The molecule has 0 saturated carbocycles. The third kappa shape index (κ3) is 9.68. The van der Waals surface area contributed by atoms with Gasteiger partial charge in [-0.15, -0.1) is 0 Å². The van der Waals surface area contributed by atoms with E-state index in [-0.39, 0.29) is 16.7 Å². The van der Waals surface area contributed by atoms with Crippen LogP contribution < -0.4 is 4.72 Å². The van der Waals surface area contributed by atoms with E-state index in [4.69, 9.17) is 18.9 Å². The zero-order chi connectivity index (χ0) is 24.1.